The van der Waals surface area contributed by atoms with E-state index in [1.54, 1.807) is 0 Å². The van der Waals surface area contributed by atoms with Gasteiger partial charge >= 0.3 is 6.09 Å². The van der Waals surface area contributed by atoms with Gasteiger partial charge in [-0.3, -0.25) is 0 Å². The fourth-order valence-corrected chi connectivity index (χ4v) is 2.67. The zero-order valence-corrected chi connectivity index (χ0v) is 12.9. The summed E-state index contributed by atoms with van der Waals surface area (Å²) in [4.78, 5) is 11.6. The van der Waals surface area contributed by atoms with E-state index in [1.807, 2.05) is 20.8 Å². The summed E-state index contributed by atoms with van der Waals surface area (Å²) in [5.74, 6) is 0. The highest BCUT2D eigenvalue weighted by molar-refractivity contribution is 14.1. The van der Waals surface area contributed by atoms with Gasteiger partial charge in [-0.25, -0.2) is 4.79 Å². The van der Waals surface area contributed by atoms with Crippen molar-refractivity contribution in [2.75, 3.05) is 4.43 Å². The Morgan fingerprint density at radius 1 is 1.47 bits per heavy atom. The number of halogens is 1. The molecule has 0 radical (unpaired) electrons. The van der Waals surface area contributed by atoms with Crippen LogP contribution in [0, 0.1) is 0 Å². The van der Waals surface area contributed by atoms with Crippen molar-refractivity contribution in [2.24, 2.45) is 0 Å². The van der Waals surface area contributed by atoms with Crippen molar-refractivity contribution in [3.05, 3.63) is 0 Å². The first-order chi connectivity index (χ1) is 7.74. The summed E-state index contributed by atoms with van der Waals surface area (Å²) in [5.41, 5.74) is -0.992. The van der Waals surface area contributed by atoms with Gasteiger partial charge in [0.25, 0.3) is 0 Å². The lowest BCUT2D eigenvalue weighted by Gasteiger charge is -2.35. The van der Waals surface area contributed by atoms with Crippen LogP contribution in [0.25, 0.3) is 0 Å². The van der Waals surface area contributed by atoms with Gasteiger partial charge in [0.05, 0.1) is 5.60 Å². The maximum atomic E-state index is 11.6. The molecule has 1 fully saturated rings. The van der Waals surface area contributed by atoms with Gasteiger partial charge in [-0.2, -0.15) is 0 Å². The Labute approximate surface area is 117 Å². The van der Waals surface area contributed by atoms with Crippen LogP contribution >= 0.6 is 22.6 Å². The molecule has 5 heteroatoms. The van der Waals surface area contributed by atoms with Crippen LogP contribution in [0.4, 0.5) is 4.79 Å². The van der Waals surface area contributed by atoms with Crippen molar-refractivity contribution in [3.63, 3.8) is 0 Å². The van der Waals surface area contributed by atoms with E-state index < -0.39 is 11.2 Å². The predicted molar refractivity (Wildman–Crippen MR) is 75.5 cm³/mol. The van der Waals surface area contributed by atoms with Gasteiger partial charge in [0.15, 0.2) is 0 Å². The third-order valence-corrected chi connectivity index (χ3v) is 4.31. The average molecular weight is 355 g/mol. The van der Waals surface area contributed by atoms with Crippen LogP contribution in [0.15, 0.2) is 0 Å². The minimum Gasteiger partial charge on any atom is -0.444 e. The molecule has 0 aliphatic heterocycles. The third-order valence-electron chi connectivity index (χ3n) is 2.89. The molecule has 0 aromatic rings. The molecule has 0 unspecified atom stereocenters. The second-order valence-electron chi connectivity index (χ2n) is 5.78. The number of ether oxygens (including phenoxy) is 1. The van der Waals surface area contributed by atoms with Crippen LogP contribution in [0.1, 0.15) is 46.5 Å². The number of hydrogen-bond acceptors (Lipinski definition) is 3. The fourth-order valence-electron chi connectivity index (χ4n) is 1.91. The molecule has 1 saturated carbocycles. The Hall–Kier alpha value is -0.0400. The molecule has 0 saturated heterocycles. The number of amides is 1. The van der Waals surface area contributed by atoms with Crippen molar-refractivity contribution in [1.82, 2.24) is 5.32 Å². The van der Waals surface area contributed by atoms with Crippen LogP contribution in [0.2, 0.25) is 0 Å². The highest BCUT2D eigenvalue weighted by Crippen LogP contribution is 2.30. The van der Waals surface area contributed by atoms with Crippen LogP contribution < -0.4 is 5.32 Å². The summed E-state index contributed by atoms with van der Waals surface area (Å²) < 4.78 is 5.96. The van der Waals surface area contributed by atoms with Gasteiger partial charge in [-0.1, -0.05) is 22.6 Å². The first kappa shape index (κ1) is 15.0. The van der Waals surface area contributed by atoms with Crippen LogP contribution in [-0.2, 0) is 4.74 Å². The van der Waals surface area contributed by atoms with E-state index in [4.69, 9.17) is 4.74 Å². The molecular weight excluding hydrogens is 333 g/mol. The number of hydrogen-bond donors (Lipinski definition) is 2. The molecule has 100 valence electrons. The number of rotatable bonds is 2. The number of carbonyl (C=O) groups is 1. The smallest absolute Gasteiger partial charge is 0.407 e. The third kappa shape index (κ3) is 5.42. The van der Waals surface area contributed by atoms with Gasteiger partial charge in [-0.15, -0.1) is 0 Å². The molecular formula is C12H22INO3. The Morgan fingerprint density at radius 3 is 2.41 bits per heavy atom. The van der Waals surface area contributed by atoms with Crippen molar-refractivity contribution in [2.45, 2.75) is 63.7 Å². The largest absolute Gasteiger partial charge is 0.444 e. The molecule has 4 nitrogen and oxygen atoms in total. The van der Waals surface area contributed by atoms with Crippen molar-refractivity contribution in [1.29, 1.82) is 0 Å². The SMILES string of the molecule is CC(C)(C)OC(=O)NC1CCC(O)(CI)CC1. The number of aliphatic hydroxyl groups is 1. The Bertz CT molecular complexity index is 267. The molecule has 0 bridgehead atoms. The average Bonchev–Trinajstić information content (AvgIpc) is 2.19. The first-order valence-corrected chi connectivity index (χ1v) is 7.54. The Morgan fingerprint density at radius 2 is 2.00 bits per heavy atom. The van der Waals surface area contributed by atoms with Crippen molar-refractivity contribution >= 4 is 28.7 Å². The van der Waals surface area contributed by atoms with E-state index in [1.165, 1.54) is 0 Å². The van der Waals surface area contributed by atoms with Gasteiger partial charge in [0, 0.05) is 10.5 Å². The lowest BCUT2D eigenvalue weighted by molar-refractivity contribution is 0.0154. The molecule has 2 N–H and O–H groups in total. The zero-order valence-electron chi connectivity index (χ0n) is 10.8. The number of alkyl carbamates (subject to hydrolysis) is 1. The molecule has 0 atom stereocenters. The van der Waals surface area contributed by atoms with Gasteiger partial charge < -0.3 is 15.2 Å². The molecule has 0 aromatic carbocycles. The summed E-state index contributed by atoms with van der Waals surface area (Å²) in [5, 5.41) is 12.9. The quantitative estimate of drug-likeness (QED) is 0.591. The van der Waals surface area contributed by atoms with Crippen molar-refractivity contribution < 1.29 is 14.6 Å². The minimum atomic E-state index is -0.535. The van der Waals surface area contributed by atoms with Gasteiger partial charge in [-0.05, 0) is 46.5 Å². The highest BCUT2D eigenvalue weighted by atomic mass is 127. The van der Waals surface area contributed by atoms with E-state index in [9.17, 15) is 9.90 Å². The fraction of sp³-hybridized carbons (Fsp3) is 0.917. The molecule has 17 heavy (non-hydrogen) atoms. The lowest BCUT2D eigenvalue weighted by Crippen LogP contribution is -2.45. The maximum absolute atomic E-state index is 11.6. The second-order valence-corrected chi connectivity index (χ2v) is 6.54. The summed E-state index contributed by atoms with van der Waals surface area (Å²) >= 11 is 2.21. The lowest BCUT2D eigenvalue weighted by atomic mass is 9.84. The van der Waals surface area contributed by atoms with E-state index in [0.29, 0.717) is 0 Å². The second kappa shape index (κ2) is 5.73. The number of nitrogens with one attached hydrogen (secondary N) is 1. The normalized spacial score (nSPS) is 29.8. The molecule has 1 amide bonds. The molecule has 0 spiro atoms. The topological polar surface area (TPSA) is 58.6 Å². The van der Waals surface area contributed by atoms with E-state index >= 15 is 0 Å². The van der Waals surface area contributed by atoms with Crippen LogP contribution in [-0.4, -0.2) is 32.9 Å². The zero-order chi connectivity index (χ0) is 13.1. The highest BCUT2D eigenvalue weighted by Gasteiger charge is 2.33. The van der Waals surface area contributed by atoms with E-state index in [2.05, 4.69) is 27.9 Å². The van der Waals surface area contributed by atoms with E-state index in [-0.39, 0.29) is 12.1 Å². The van der Waals surface area contributed by atoms with Gasteiger partial charge in [0.1, 0.15) is 5.60 Å². The van der Waals surface area contributed by atoms with Crippen LogP contribution in [0.3, 0.4) is 0 Å². The maximum Gasteiger partial charge on any atom is 0.407 e. The summed E-state index contributed by atoms with van der Waals surface area (Å²) in [6.07, 6.45) is 2.77. The summed E-state index contributed by atoms with van der Waals surface area (Å²) in [7, 11) is 0. The summed E-state index contributed by atoms with van der Waals surface area (Å²) in [6.45, 7) is 5.55. The molecule has 0 aromatic heterocycles. The predicted octanol–water partition coefficient (Wildman–Crippen LogP) is 2.62. The monoisotopic (exact) mass is 355 g/mol. The Balaban J connectivity index is 2.34. The first-order valence-electron chi connectivity index (χ1n) is 6.02. The summed E-state index contributed by atoms with van der Waals surface area (Å²) in [6, 6.07) is 0.132. The van der Waals surface area contributed by atoms with Crippen LogP contribution in [0.5, 0.6) is 0 Å². The number of alkyl halides is 1. The molecule has 1 aliphatic rings. The molecule has 1 aliphatic carbocycles. The number of carbonyl (C=O) groups excluding carboxylic acids is 1. The minimum absolute atomic E-state index is 0.132. The molecule has 0 heterocycles. The van der Waals surface area contributed by atoms with Crippen molar-refractivity contribution in [3.8, 4) is 0 Å². The van der Waals surface area contributed by atoms with Gasteiger partial charge in [0.2, 0.25) is 0 Å². The van der Waals surface area contributed by atoms with E-state index in [0.717, 1.165) is 30.1 Å². The standard InChI is InChI=1S/C12H22INO3/c1-11(2,3)17-10(15)14-9-4-6-12(16,8-13)7-5-9/h9,16H,4-8H2,1-3H3,(H,14,15). The molecule has 1 rings (SSSR count). The Kier molecular flexibility index (Phi) is 5.07.